The van der Waals surface area contributed by atoms with E-state index in [2.05, 4.69) is 60.7 Å². The van der Waals surface area contributed by atoms with Gasteiger partial charge in [-0.3, -0.25) is 0 Å². The van der Waals surface area contributed by atoms with Gasteiger partial charge in [0, 0.05) is 22.1 Å². The van der Waals surface area contributed by atoms with Gasteiger partial charge in [0.15, 0.2) is 5.11 Å². The molecule has 0 aliphatic heterocycles. The fourth-order valence-electron chi connectivity index (χ4n) is 1.70. The van der Waals surface area contributed by atoms with E-state index in [-0.39, 0.29) is 0 Å². The molecule has 0 saturated carbocycles. The predicted octanol–water partition coefficient (Wildman–Crippen LogP) is 4.76. The van der Waals surface area contributed by atoms with Crippen LogP contribution in [0.2, 0.25) is 0 Å². The molecule has 0 bridgehead atoms. The van der Waals surface area contributed by atoms with Gasteiger partial charge in [0.25, 0.3) is 0 Å². The summed E-state index contributed by atoms with van der Waals surface area (Å²) in [6.07, 6.45) is 0. The quantitative estimate of drug-likeness (QED) is 0.727. The maximum Gasteiger partial charge on any atom is 0.171 e. The molecule has 0 radical (unpaired) electrons. The molecule has 98 valence electrons. The second-order valence-corrected chi connectivity index (χ2v) is 5.78. The molecule has 5 heteroatoms. The zero-order valence-electron chi connectivity index (χ0n) is 9.99. The third kappa shape index (κ3) is 4.03. The average molecular weight is 400 g/mol. The molecule has 2 rings (SSSR count). The molecule has 19 heavy (non-hydrogen) atoms. The molecule has 0 spiro atoms. The Labute approximate surface area is 134 Å². The number of thiocarbonyl (C=S) groups is 1. The fourth-order valence-corrected chi connectivity index (χ4v) is 2.19. The molecule has 0 aliphatic rings. The molecule has 0 aliphatic carbocycles. The molecule has 0 unspecified atom stereocenters. The first-order valence-electron chi connectivity index (χ1n) is 5.68. The Morgan fingerprint density at radius 1 is 1.16 bits per heavy atom. The van der Waals surface area contributed by atoms with Crippen molar-refractivity contribution in [2.75, 3.05) is 11.9 Å². The molecular weight excluding hydrogens is 388 g/mol. The Bertz CT molecular complexity index is 620. The van der Waals surface area contributed by atoms with E-state index in [1.54, 1.807) is 4.99 Å². The second-order valence-electron chi connectivity index (χ2n) is 3.89. The third-order valence-corrected chi connectivity index (χ3v) is 4.50. The lowest BCUT2D eigenvalue weighted by Crippen LogP contribution is -2.29. The average Bonchev–Trinajstić information content (AvgIpc) is 2.45. The van der Waals surface area contributed by atoms with Gasteiger partial charge in [-0.05, 0) is 28.7 Å². The highest BCUT2D eigenvalue weighted by Gasteiger charge is 2.02. The standard InChI is InChI=1S/C14H12Br2N2S/c15-8-11(16)9-17-14(19)18-13-7-3-5-10-4-1-2-6-12(10)13/h1-8H,9H2,(H2,17,18,19)/b11-8+. The van der Waals surface area contributed by atoms with Crippen LogP contribution in [0.15, 0.2) is 51.9 Å². The van der Waals surface area contributed by atoms with Gasteiger partial charge in [-0.15, -0.1) is 0 Å². The summed E-state index contributed by atoms with van der Waals surface area (Å²) in [6, 6.07) is 14.3. The highest BCUT2D eigenvalue weighted by Crippen LogP contribution is 2.22. The van der Waals surface area contributed by atoms with Crippen molar-refractivity contribution >= 4 is 65.7 Å². The van der Waals surface area contributed by atoms with Crippen molar-refractivity contribution in [1.29, 1.82) is 0 Å². The van der Waals surface area contributed by atoms with Crippen molar-refractivity contribution in [3.05, 3.63) is 51.9 Å². The van der Waals surface area contributed by atoms with Crippen LogP contribution in [0.4, 0.5) is 5.69 Å². The normalized spacial score (nSPS) is 11.4. The van der Waals surface area contributed by atoms with E-state index in [4.69, 9.17) is 12.2 Å². The number of fused-ring (bicyclic) bond motifs is 1. The van der Waals surface area contributed by atoms with Crippen molar-refractivity contribution in [3.8, 4) is 0 Å². The van der Waals surface area contributed by atoms with Gasteiger partial charge in [-0.25, -0.2) is 0 Å². The first-order valence-corrected chi connectivity index (χ1v) is 7.80. The molecule has 0 heterocycles. The number of nitrogens with one attached hydrogen (secondary N) is 2. The summed E-state index contributed by atoms with van der Waals surface area (Å²) in [6.45, 7) is 0.641. The van der Waals surface area contributed by atoms with Crippen LogP contribution in [0.3, 0.4) is 0 Å². The van der Waals surface area contributed by atoms with Crippen molar-refractivity contribution in [3.63, 3.8) is 0 Å². The van der Waals surface area contributed by atoms with Crippen LogP contribution in [-0.4, -0.2) is 11.7 Å². The zero-order chi connectivity index (χ0) is 13.7. The maximum absolute atomic E-state index is 5.28. The number of anilines is 1. The van der Waals surface area contributed by atoms with E-state index in [0.717, 1.165) is 15.6 Å². The highest BCUT2D eigenvalue weighted by atomic mass is 79.9. The number of benzene rings is 2. The number of rotatable bonds is 3. The maximum atomic E-state index is 5.28. The topological polar surface area (TPSA) is 24.1 Å². The Morgan fingerprint density at radius 3 is 2.68 bits per heavy atom. The molecule has 2 aromatic rings. The van der Waals surface area contributed by atoms with Crippen LogP contribution < -0.4 is 10.6 Å². The SMILES string of the molecule is S=C(NC/C(Br)=C\Br)Nc1cccc2ccccc12. The smallest absolute Gasteiger partial charge is 0.171 e. The Hall–Kier alpha value is -0.910. The van der Waals surface area contributed by atoms with Gasteiger partial charge in [-0.2, -0.15) is 0 Å². The highest BCUT2D eigenvalue weighted by molar-refractivity contribution is 9.14. The van der Waals surface area contributed by atoms with E-state index in [9.17, 15) is 0 Å². The van der Waals surface area contributed by atoms with Gasteiger partial charge in [0.05, 0.1) is 0 Å². The molecule has 0 amide bonds. The first-order chi connectivity index (χ1) is 9.20. The second kappa shape index (κ2) is 7.03. The summed E-state index contributed by atoms with van der Waals surface area (Å²) in [4.78, 5) is 1.81. The number of hydrogen-bond acceptors (Lipinski definition) is 1. The van der Waals surface area contributed by atoms with Crippen LogP contribution in [0.5, 0.6) is 0 Å². The van der Waals surface area contributed by atoms with Gasteiger partial charge in [0.1, 0.15) is 0 Å². The molecule has 2 aromatic carbocycles. The van der Waals surface area contributed by atoms with Crippen LogP contribution in [0.1, 0.15) is 0 Å². The summed E-state index contributed by atoms with van der Waals surface area (Å²) in [7, 11) is 0. The van der Waals surface area contributed by atoms with Crippen LogP contribution in [0, 0.1) is 0 Å². The van der Waals surface area contributed by atoms with Gasteiger partial charge >= 0.3 is 0 Å². The lowest BCUT2D eigenvalue weighted by atomic mass is 10.1. The van der Waals surface area contributed by atoms with Crippen molar-refractivity contribution < 1.29 is 0 Å². The molecular formula is C14H12Br2N2S. The van der Waals surface area contributed by atoms with Gasteiger partial charge in [-0.1, -0.05) is 68.3 Å². The fraction of sp³-hybridized carbons (Fsp3) is 0.0714. The molecule has 2 N–H and O–H groups in total. The van der Waals surface area contributed by atoms with Gasteiger partial charge < -0.3 is 10.6 Å². The molecule has 0 saturated heterocycles. The van der Waals surface area contributed by atoms with E-state index in [0.29, 0.717) is 11.7 Å². The predicted molar refractivity (Wildman–Crippen MR) is 94.1 cm³/mol. The van der Waals surface area contributed by atoms with E-state index < -0.39 is 0 Å². The van der Waals surface area contributed by atoms with Gasteiger partial charge in [0.2, 0.25) is 0 Å². The molecule has 2 nitrogen and oxygen atoms in total. The Kier molecular flexibility index (Phi) is 5.36. The molecule has 0 atom stereocenters. The minimum absolute atomic E-state index is 0.600. The Morgan fingerprint density at radius 2 is 1.89 bits per heavy atom. The third-order valence-electron chi connectivity index (χ3n) is 2.57. The van der Waals surface area contributed by atoms with Crippen molar-refractivity contribution in [2.45, 2.75) is 0 Å². The lowest BCUT2D eigenvalue weighted by molar-refractivity contribution is 1.05. The number of hydrogen-bond donors (Lipinski definition) is 2. The summed E-state index contributed by atoms with van der Waals surface area (Å²) in [5.74, 6) is 0. The lowest BCUT2D eigenvalue weighted by Gasteiger charge is -2.12. The monoisotopic (exact) mass is 398 g/mol. The van der Waals surface area contributed by atoms with Crippen molar-refractivity contribution in [2.24, 2.45) is 0 Å². The summed E-state index contributed by atoms with van der Waals surface area (Å²) >= 11 is 11.9. The largest absolute Gasteiger partial charge is 0.358 e. The number of halogens is 2. The van der Waals surface area contributed by atoms with Crippen molar-refractivity contribution in [1.82, 2.24) is 5.32 Å². The molecule has 0 fully saturated rings. The summed E-state index contributed by atoms with van der Waals surface area (Å²) in [5, 5.41) is 9.29. The van der Waals surface area contributed by atoms with E-state index >= 15 is 0 Å². The first kappa shape index (κ1) is 14.5. The van der Waals surface area contributed by atoms with Crippen LogP contribution in [0.25, 0.3) is 10.8 Å². The van der Waals surface area contributed by atoms with E-state index in [1.165, 1.54) is 5.39 Å². The molecule has 0 aromatic heterocycles. The zero-order valence-corrected chi connectivity index (χ0v) is 14.0. The van der Waals surface area contributed by atoms with E-state index in [1.807, 2.05) is 24.3 Å². The van der Waals surface area contributed by atoms with Crippen LogP contribution >= 0.6 is 44.1 Å². The summed E-state index contributed by atoms with van der Waals surface area (Å²) in [5.41, 5.74) is 1.01. The minimum Gasteiger partial charge on any atom is -0.358 e. The summed E-state index contributed by atoms with van der Waals surface area (Å²) < 4.78 is 0.995. The Balaban J connectivity index is 2.11. The minimum atomic E-state index is 0.600. The van der Waals surface area contributed by atoms with Crippen LogP contribution in [-0.2, 0) is 0 Å².